The van der Waals surface area contributed by atoms with Crippen LogP contribution in [-0.2, 0) is 6.54 Å². The Bertz CT molecular complexity index is 1120. The maximum absolute atomic E-state index is 6.25. The van der Waals surface area contributed by atoms with E-state index in [9.17, 15) is 0 Å². The fourth-order valence-electron chi connectivity index (χ4n) is 3.85. The quantitative estimate of drug-likeness (QED) is 0.640. The molecule has 158 valence electrons. The molecule has 0 spiro atoms. The van der Waals surface area contributed by atoms with Gasteiger partial charge in [-0.15, -0.1) is 0 Å². The lowest BCUT2D eigenvalue weighted by molar-refractivity contribution is 0.200. The second-order valence-corrected chi connectivity index (χ2v) is 7.74. The summed E-state index contributed by atoms with van der Waals surface area (Å²) < 4.78 is 13.8. The molecule has 2 aromatic heterocycles. The molecule has 1 aliphatic rings. The highest BCUT2D eigenvalue weighted by atomic mass is 16.5. The molecule has 7 heteroatoms. The Labute approximate surface area is 176 Å². The molecule has 0 unspecified atom stereocenters. The van der Waals surface area contributed by atoms with Gasteiger partial charge in [-0.1, -0.05) is 12.6 Å². The molecular weight excluding hydrogens is 378 g/mol. The molecule has 1 aromatic carbocycles. The van der Waals surface area contributed by atoms with Crippen molar-refractivity contribution in [3.05, 3.63) is 48.0 Å². The first kappa shape index (κ1) is 20.2. The Morgan fingerprint density at radius 1 is 1.30 bits per heavy atom. The van der Waals surface area contributed by atoms with E-state index in [-0.39, 0.29) is 6.10 Å². The third kappa shape index (κ3) is 4.10. The van der Waals surface area contributed by atoms with Crippen LogP contribution in [0.1, 0.15) is 50.9 Å². The zero-order valence-corrected chi connectivity index (χ0v) is 17.9. The van der Waals surface area contributed by atoms with E-state index in [0.29, 0.717) is 18.6 Å². The van der Waals surface area contributed by atoms with Crippen LogP contribution in [-0.4, -0.2) is 39.3 Å². The Kier molecular flexibility index (Phi) is 5.88. The molecule has 7 nitrogen and oxygen atoms in total. The largest absolute Gasteiger partial charge is 0.493 e. The molecule has 0 aliphatic heterocycles. The third-order valence-electron chi connectivity index (χ3n) is 5.39. The van der Waals surface area contributed by atoms with Crippen molar-refractivity contribution >= 4 is 16.7 Å². The lowest BCUT2D eigenvalue weighted by Crippen LogP contribution is -2.15. The van der Waals surface area contributed by atoms with Crippen LogP contribution in [0.2, 0.25) is 0 Å². The molecule has 30 heavy (non-hydrogen) atoms. The second-order valence-electron chi connectivity index (χ2n) is 7.74. The summed E-state index contributed by atoms with van der Waals surface area (Å²) in [6.45, 7) is 9.20. The molecule has 1 N–H and O–H groups in total. The van der Waals surface area contributed by atoms with E-state index in [1.54, 1.807) is 13.4 Å². The lowest BCUT2D eigenvalue weighted by Gasteiger charge is -2.17. The molecule has 1 fully saturated rings. The van der Waals surface area contributed by atoms with Gasteiger partial charge >= 0.3 is 0 Å². The first-order valence-electron chi connectivity index (χ1n) is 10.5. The van der Waals surface area contributed by atoms with E-state index in [2.05, 4.69) is 33.7 Å². The number of aromatic amines is 1. The Hall–Kier alpha value is -3.09. The van der Waals surface area contributed by atoms with Crippen molar-refractivity contribution in [2.24, 2.45) is 4.99 Å². The number of rotatable bonds is 7. The monoisotopic (exact) mass is 407 g/mol. The molecule has 2 heterocycles. The van der Waals surface area contributed by atoms with Crippen LogP contribution in [0.5, 0.6) is 11.5 Å². The minimum absolute atomic E-state index is 0.273. The summed E-state index contributed by atoms with van der Waals surface area (Å²) in [6, 6.07) is 6.08. The smallest absolute Gasteiger partial charge is 0.176 e. The van der Waals surface area contributed by atoms with E-state index in [4.69, 9.17) is 14.5 Å². The fraction of sp³-hybridized carbons (Fsp3) is 0.435. The van der Waals surface area contributed by atoms with Crippen LogP contribution in [0.4, 0.5) is 0 Å². The van der Waals surface area contributed by atoms with Crippen LogP contribution in [0.25, 0.3) is 16.7 Å². The molecule has 1 saturated carbocycles. The SMILES string of the molecule is C=C(C)c1nc2c([nH]1)c(=NCC)ncn2Cc1ccc(OC)c(OC2CCCC2)c1. The number of benzene rings is 1. The highest BCUT2D eigenvalue weighted by Crippen LogP contribution is 2.32. The normalized spacial score (nSPS) is 15.1. The molecule has 4 rings (SSSR count). The number of nitrogens with one attached hydrogen (secondary N) is 1. The van der Waals surface area contributed by atoms with Crippen molar-refractivity contribution in [1.82, 2.24) is 19.5 Å². The molecule has 0 atom stereocenters. The van der Waals surface area contributed by atoms with Crippen molar-refractivity contribution in [3.8, 4) is 11.5 Å². The summed E-state index contributed by atoms with van der Waals surface area (Å²) in [6.07, 6.45) is 6.73. The summed E-state index contributed by atoms with van der Waals surface area (Å²) in [5.74, 6) is 2.31. The van der Waals surface area contributed by atoms with Gasteiger partial charge in [-0.25, -0.2) is 9.97 Å². The number of imidazole rings is 1. The molecule has 0 saturated heterocycles. The van der Waals surface area contributed by atoms with Gasteiger partial charge in [0, 0.05) is 6.54 Å². The zero-order valence-electron chi connectivity index (χ0n) is 17.9. The predicted octanol–water partition coefficient (Wildman–Crippen LogP) is 4.09. The van der Waals surface area contributed by atoms with Gasteiger partial charge in [0.1, 0.15) is 11.3 Å². The molecular formula is C23H29N5O2. The van der Waals surface area contributed by atoms with Crippen molar-refractivity contribution in [2.75, 3.05) is 13.7 Å². The first-order chi connectivity index (χ1) is 14.6. The van der Waals surface area contributed by atoms with E-state index < -0.39 is 0 Å². The van der Waals surface area contributed by atoms with Gasteiger partial charge in [-0.2, -0.15) is 0 Å². The first-order valence-corrected chi connectivity index (χ1v) is 10.5. The van der Waals surface area contributed by atoms with Crippen molar-refractivity contribution < 1.29 is 9.47 Å². The second kappa shape index (κ2) is 8.73. The Morgan fingerprint density at radius 2 is 2.10 bits per heavy atom. The number of methoxy groups -OCH3 is 1. The standard InChI is InChI=1S/C23H29N5O2/c1-5-24-22-20-23(27-21(26-20)15(2)3)28(14-25-22)13-16-10-11-18(29-4)19(12-16)30-17-8-6-7-9-17/h10-12,14,17H,2,5-9,13H2,1,3-4H3,(H,26,27). The summed E-state index contributed by atoms with van der Waals surface area (Å²) in [7, 11) is 1.68. The van der Waals surface area contributed by atoms with E-state index in [0.717, 1.165) is 52.5 Å². The number of H-pyrrole nitrogens is 1. The van der Waals surface area contributed by atoms with Gasteiger partial charge in [0.15, 0.2) is 22.6 Å². The summed E-state index contributed by atoms with van der Waals surface area (Å²) in [5, 5.41) is 0. The Morgan fingerprint density at radius 3 is 2.80 bits per heavy atom. The maximum atomic E-state index is 6.25. The minimum atomic E-state index is 0.273. The lowest BCUT2D eigenvalue weighted by atomic mass is 10.2. The van der Waals surface area contributed by atoms with Crippen LogP contribution in [0, 0.1) is 0 Å². The number of aromatic nitrogens is 4. The van der Waals surface area contributed by atoms with Crippen molar-refractivity contribution in [1.29, 1.82) is 0 Å². The fourth-order valence-corrected chi connectivity index (χ4v) is 3.85. The van der Waals surface area contributed by atoms with Gasteiger partial charge in [-0.3, -0.25) is 4.99 Å². The summed E-state index contributed by atoms with van der Waals surface area (Å²) >= 11 is 0. The number of hydrogen-bond donors (Lipinski definition) is 1. The van der Waals surface area contributed by atoms with Crippen LogP contribution >= 0.6 is 0 Å². The number of nitrogens with zero attached hydrogens (tertiary/aromatic N) is 4. The summed E-state index contributed by atoms with van der Waals surface area (Å²) in [5.41, 5.74) is 4.27. The van der Waals surface area contributed by atoms with Gasteiger partial charge in [0.05, 0.1) is 26.1 Å². The number of hydrogen-bond acceptors (Lipinski definition) is 5. The average molecular weight is 408 g/mol. The van der Waals surface area contributed by atoms with Crippen LogP contribution in [0.3, 0.4) is 0 Å². The number of ether oxygens (including phenoxy) is 2. The Balaban J connectivity index is 1.70. The van der Waals surface area contributed by atoms with Gasteiger partial charge in [0.25, 0.3) is 0 Å². The minimum Gasteiger partial charge on any atom is -0.493 e. The van der Waals surface area contributed by atoms with E-state index in [1.807, 2.05) is 24.5 Å². The third-order valence-corrected chi connectivity index (χ3v) is 5.39. The zero-order chi connectivity index (χ0) is 21.1. The predicted molar refractivity (Wildman–Crippen MR) is 118 cm³/mol. The van der Waals surface area contributed by atoms with Crippen molar-refractivity contribution in [3.63, 3.8) is 0 Å². The maximum Gasteiger partial charge on any atom is 0.176 e. The van der Waals surface area contributed by atoms with Crippen LogP contribution < -0.4 is 15.0 Å². The van der Waals surface area contributed by atoms with Gasteiger partial charge in [-0.05, 0) is 62.8 Å². The topological polar surface area (TPSA) is 77.3 Å². The highest BCUT2D eigenvalue weighted by Gasteiger charge is 2.19. The van der Waals surface area contributed by atoms with Crippen LogP contribution in [0.15, 0.2) is 36.1 Å². The molecule has 0 amide bonds. The highest BCUT2D eigenvalue weighted by molar-refractivity contribution is 5.74. The molecule has 3 aromatic rings. The van der Waals surface area contributed by atoms with E-state index >= 15 is 0 Å². The van der Waals surface area contributed by atoms with E-state index in [1.165, 1.54) is 12.8 Å². The average Bonchev–Trinajstić information content (AvgIpc) is 3.40. The number of fused-ring (bicyclic) bond motifs is 1. The summed E-state index contributed by atoms with van der Waals surface area (Å²) in [4.78, 5) is 17.1. The molecule has 0 bridgehead atoms. The van der Waals surface area contributed by atoms with Crippen molar-refractivity contribution in [2.45, 2.75) is 52.2 Å². The van der Waals surface area contributed by atoms with Gasteiger partial charge in [0.2, 0.25) is 0 Å². The molecule has 1 aliphatic carbocycles. The number of allylic oxidation sites excluding steroid dienone is 1. The van der Waals surface area contributed by atoms with Gasteiger partial charge < -0.3 is 19.0 Å². The molecule has 0 radical (unpaired) electrons.